The molecular weight excluding hydrogens is 357 g/mol. The third-order valence-corrected chi connectivity index (χ3v) is 5.06. The number of ether oxygens (including phenoxy) is 1. The van der Waals surface area contributed by atoms with Gasteiger partial charge in [-0.25, -0.2) is 4.39 Å². The number of nitrogens with zero attached hydrogens (tertiary/aromatic N) is 2. The molecule has 1 N–H and O–H groups in total. The Morgan fingerprint density at radius 1 is 1.07 bits per heavy atom. The molecule has 1 heterocycles. The maximum atomic E-state index is 13.9. The van der Waals surface area contributed by atoms with Crippen molar-refractivity contribution < 1.29 is 13.9 Å². The van der Waals surface area contributed by atoms with Gasteiger partial charge >= 0.3 is 0 Å². The number of benzene rings is 2. The van der Waals surface area contributed by atoms with Crippen LogP contribution in [-0.4, -0.2) is 57.2 Å². The average molecular weight is 385 g/mol. The molecule has 0 unspecified atom stereocenters. The highest BCUT2D eigenvalue weighted by Crippen LogP contribution is 2.20. The van der Waals surface area contributed by atoms with Crippen molar-refractivity contribution in [2.45, 2.75) is 12.8 Å². The van der Waals surface area contributed by atoms with E-state index < -0.39 is 0 Å². The van der Waals surface area contributed by atoms with E-state index >= 15 is 0 Å². The number of amides is 1. The number of methoxy groups -OCH3 is 1. The van der Waals surface area contributed by atoms with Gasteiger partial charge in [0, 0.05) is 32.7 Å². The number of piperazine rings is 1. The fourth-order valence-corrected chi connectivity index (χ4v) is 3.44. The van der Waals surface area contributed by atoms with Crippen molar-refractivity contribution in [3.63, 3.8) is 0 Å². The fraction of sp³-hybridized carbons (Fsp3) is 0.409. The van der Waals surface area contributed by atoms with Crippen LogP contribution in [0.1, 0.15) is 12.0 Å². The van der Waals surface area contributed by atoms with E-state index in [2.05, 4.69) is 15.1 Å². The number of carbonyl (C=O) groups is 1. The molecule has 1 aliphatic heterocycles. The molecule has 2 aromatic rings. The molecule has 28 heavy (non-hydrogen) atoms. The molecule has 0 radical (unpaired) electrons. The van der Waals surface area contributed by atoms with E-state index in [-0.39, 0.29) is 11.7 Å². The second kappa shape index (κ2) is 10.1. The van der Waals surface area contributed by atoms with Crippen LogP contribution in [0.3, 0.4) is 0 Å². The van der Waals surface area contributed by atoms with Crippen LogP contribution in [0.2, 0.25) is 0 Å². The van der Waals surface area contributed by atoms with Gasteiger partial charge in [0.2, 0.25) is 5.91 Å². The van der Waals surface area contributed by atoms with Gasteiger partial charge < -0.3 is 15.0 Å². The summed E-state index contributed by atoms with van der Waals surface area (Å²) in [5.41, 5.74) is 1.66. The smallest absolute Gasteiger partial charge is 0.224 e. The number of hydrogen-bond acceptors (Lipinski definition) is 4. The van der Waals surface area contributed by atoms with Crippen molar-refractivity contribution in [2.75, 3.05) is 51.3 Å². The molecule has 1 fully saturated rings. The lowest BCUT2D eigenvalue weighted by atomic mass is 10.1. The first kappa shape index (κ1) is 20.1. The number of rotatable bonds is 8. The van der Waals surface area contributed by atoms with Crippen LogP contribution in [0.5, 0.6) is 5.75 Å². The molecule has 6 heteroatoms. The lowest BCUT2D eigenvalue weighted by Gasteiger charge is -2.36. The van der Waals surface area contributed by atoms with Crippen LogP contribution in [0.25, 0.3) is 0 Å². The van der Waals surface area contributed by atoms with Gasteiger partial charge in [-0.05, 0) is 42.8 Å². The molecule has 0 aliphatic carbocycles. The molecule has 0 saturated carbocycles. The lowest BCUT2D eigenvalue weighted by Crippen LogP contribution is -2.47. The summed E-state index contributed by atoms with van der Waals surface area (Å²) in [6, 6.07) is 14.5. The van der Waals surface area contributed by atoms with Gasteiger partial charge in [-0.15, -0.1) is 0 Å². The average Bonchev–Trinajstić information content (AvgIpc) is 2.73. The zero-order chi connectivity index (χ0) is 19.8. The number of nitrogens with one attached hydrogen (secondary N) is 1. The minimum Gasteiger partial charge on any atom is -0.497 e. The normalized spacial score (nSPS) is 14.7. The van der Waals surface area contributed by atoms with Crippen LogP contribution in [0.15, 0.2) is 48.5 Å². The Kier molecular flexibility index (Phi) is 7.25. The highest BCUT2D eigenvalue weighted by atomic mass is 19.1. The van der Waals surface area contributed by atoms with Gasteiger partial charge in [-0.1, -0.05) is 24.3 Å². The summed E-state index contributed by atoms with van der Waals surface area (Å²) in [4.78, 5) is 16.5. The molecule has 0 bridgehead atoms. The van der Waals surface area contributed by atoms with E-state index in [9.17, 15) is 9.18 Å². The SMILES string of the molecule is COc1ccc(CC(=O)NCCCN2CCN(c3ccccc3F)CC2)cc1. The van der Waals surface area contributed by atoms with Crippen molar-refractivity contribution in [2.24, 2.45) is 0 Å². The Morgan fingerprint density at radius 3 is 2.46 bits per heavy atom. The van der Waals surface area contributed by atoms with E-state index in [4.69, 9.17) is 4.74 Å². The molecule has 1 saturated heterocycles. The van der Waals surface area contributed by atoms with Crippen molar-refractivity contribution in [1.82, 2.24) is 10.2 Å². The quantitative estimate of drug-likeness (QED) is 0.710. The van der Waals surface area contributed by atoms with Crippen LogP contribution in [0, 0.1) is 5.82 Å². The molecule has 1 amide bonds. The zero-order valence-electron chi connectivity index (χ0n) is 16.4. The van der Waals surface area contributed by atoms with Gasteiger partial charge in [0.15, 0.2) is 0 Å². The largest absolute Gasteiger partial charge is 0.497 e. The van der Waals surface area contributed by atoms with Crippen molar-refractivity contribution >= 4 is 11.6 Å². The summed E-state index contributed by atoms with van der Waals surface area (Å²) < 4.78 is 19.0. The molecule has 0 aromatic heterocycles. The number of halogens is 1. The molecule has 1 aliphatic rings. The number of hydrogen-bond donors (Lipinski definition) is 1. The Labute approximate surface area is 166 Å². The van der Waals surface area contributed by atoms with E-state index in [1.807, 2.05) is 36.4 Å². The molecule has 0 spiro atoms. The Balaban J connectivity index is 1.31. The van der Waals surface area contributed by atoms with Gasteiger partial charge in [0.1, 0.15) is 11.6 Å². The minimum atomic E-state index is -0.157. The second-order valence-corrected chi connectivity index (χ2v) is 7.01. The summed E-state index contributed by atoms with van der Waals surface area (Å²) in [6.07, 6.45) is 1.29. The third-order valence-electron chi connectivity index (χ3n) is 5.06. The summed E-state index contributed by atoms with van der Waals surface area (Å²) in [6.45, 7) is 5.08. The molecular formula is C22H28FN3O2. The predicted molar refractivity (Wildman–Crippen MR) is 109 cm³/mol. The third kappa shape index (κ3) is 5.70. The summed E-state index contributed by atoms with van der Waals surface area (Å²) >= 11 is 0. The predicted octanol–water partition coefficient (Wildman–Crippen LogP) is 2.71. The molecule has 0 atom stereocenters. The van der Waals surface area contributed by atoms with Crippen molar-refractivity contribution in [3.8, 4) is 5.75 Å². The summed E-state index contributed by atoms with van der Waals surface area (Å²) in [5.74, 6) is 0.671. The van der Waals surface area contributed by atoms with Gasteiger partial charge in [-0.2, -0.15) is 0 Å². The van der Waals surface area contributed by atoms with E-state index in [0.717, 1.165) is 50.5 Å². The molecule has 2 aromatic carbocycles. The number of anilines is 1. The Morgan fingerprint density at radius 2 is 1.79 bits per heavy atom. The standard InChI is InChI=1S/C22H28FN3O2/c1-28-19-9-7-18(8-10-19)17-22(27)24-11-4-12-25-13-15-26(16-14-25)21-6-3-2-5-20(21)23/h2-3,5-10H,4,11-17H2,1H3,(H,24,27). The minimum absolute atomic E-state index is 0.0366. The number of para-hydroxylation sites is 1. The van der Waals surface area contributed by atoms with Crippen LogP contribution < -0.4 is 15.0 Å². The maximum absolute atomic E-state index is 13.9. The highest BCUT2D eigenvalue weighted by molar-refractivity contribution is 5.78. The first-order valence-corrected chi connectivity index (χ1v) is 9.77. The van der Waals surface area contributed by atoms with E-state index in [1.165, 1.54) is 6.07 Å². The van der Waals surface area contributed by atoms with Crippen molar-refractivity contribution in [1.29, 1.82) is 0 Å². The number of carbonyl (C=O) groups excluding carboxylic acids is 1. The lowest BCUT2D eigenvalue weighted by molar-refractivity contribution is -0.120. The first-order valence-electron chi connectivity index (χ1n) is 9.77. The first-order chi connectivity index (χ1) is 13.7. The van der Waals surface area contributed by atoms with Crippen LogP contribution in [-0.2, 0) is 11.2 Å². The maximum Gasteiger partial charge on any atom is 0.224 e. The van der Waals surface area contributed by atoms with Crippen molar-refractivity contribution in [3.05, 3.63) is 59.9 Å². The van der Waals surface area contributed by atoms with E-state index in [0.29, 0.717) is 18.7 Å². The van der Waals surface area contributed by atoms with Crippen LogP contribution in [0.4, 0.5) is 10.1 Å². The Hall–Kier alpha value is -2.60. The zero-order valence-corrected chi connectivity index (χ0v) is 16.4. The van der Waals surface area contributed by atoms with Gasteiger partial charge in [0.25, 0.3) is 0 Å². The van der Waals surface area contributed by atoms with E-state index in [1.54, 1.807) is 13.2 Å². The molecule has 150 valence electrons. The van der Waals surface area contributed by atoms with Crippen LogP contribution >= 0.6 is 0 Å². The monoisotopic (exact) mass is 385 g/mol. The second-order valence-electron chi connectivity index (χ2n) is 7.01. The fourth-order valence-electron chi connectivity index (χ4n) is 3.44. The summed E-state index contributed by atoms with van der Waals surface area (Å²) in [7, 11) is 1.63. The van der Waals surface area contributed by atoms with Gasteiger partial charge in [-0.3, -0.25) is 9.69 Å². The van der Waals surface area contributed by atoms with Gasteiger partial charge in [0.05, 0.1) is 19.2 Å². The summed E-state index contributed by atoms with van der Waals surface area (Å²) in [5, 5.41) is 2.98. The Bertz CT molecular complexity index is 759. The highest BCUT2D eigenvalue weighted by Gasteiger charge is 2.18. The molecule has 5 nitrogen and oxygen atoms in total. The molecule has 3 rings (SSSR count). The topological polar surface area (TPSA) is 44.8 Å².